The lowest BCUT2D eigenvalue weighted by molar-refractivity contribution is -0.191. The predicted molar refractivity (Wildman–Crippen MR) is 472 cm³/mol. The van der Waals surface area contributed by atoms with E-state index in [1.165, 1.54) is 31.8 Å². The highest BCUT2D eigenvalue weighted by Crippen LogP contribution is 2.42. The summed E-state index contributed by atoms with van der Waals surface area (Å²) in [6.45, 7) is 4.02. The number of aryl methyl sites for hydroxylation is 5. The Kier molecular flexibility index (Phi) is 42.6. The molecule has 1 saturated carbocycles. The number of anilines is 7. The molecule has 50 heteroatoms. The van der Waals surface area contributed by atoms with Crippen molar-refractivity contribution in [2.75, 3.05) is 70.9 Å². The van der Waals surface area contributed by atoms with Crippen LogP contribution in [0, 0.1) is 5.92 Å². The molecule has 14 rings (SSSR count). The third-order valence-electron chi connectivity index (χ3n) is 16.2. The average Bonchev–Trinajstić information content (AvgIpc) is 1.40. The van der Waals surface area contributed by atoms with Crippen molar-refractivity contribution >= 4 is 151 Å². The first-order valence-electron chi connectivity index (χ1n) is 36.4. The van der Waals surface area contributed by atoms with Crippen molar-refractivity contribution in [2.24, 2.45) is 57.4 Å². The molecule has 0 atom stereocenters. The maximum Gasteiger partial charge on any atom is 0.396 e. The van der Waals surface area contributed by atoms with Gasteiger partial charge in [0.05, 0.1) is 122 Å². The predicted octanol–water partition coefficient (Wildman–Crippen LogP) is 9.71. The van der Waals surface area contributed by atoms with E-state index in [-0.39, 0.29) is 68.4 Å². The van der Waals surface area contributed by atoms with Crippen LogP contribution in [0.15, 0.2) is 152 Å². The molecule has 13 aromatic rings. The Balaban J connectivity index is 0.000000277. The van der Waals surface area contributed by atoms with E-state index in [1.54, 1.807) is 137 Å². The summed E-state index contributed by atoms with van der Waals surface area (Å²) in [4.78, 5) is 114. The molecule has 9 heterocycles. The Hall–Kier alpha value is -14.4. The van der Waals surface area contributed by atoms with Crippen LogP contribution in [0.3, 0.4) is 0 Å². The van der Waals surface area contributed by atoms with Crippen LogP contribution in [-0.4, -0.2) is 185 Å². The fourth-order valence-electron chi connectivity index (χ4n) is 10.4. The number of para-hydroxylation sites is 4. The topological polar surface area (TPSA) is 624 Å². The molecule has 4 aromatic carbocycles. The fourth-order valence-corrected chi connectivity index (χ4v) is 11.4. The SMILES string of the molecule is CCOC(=O)c1cnc(Cl)cc1Nc1cccc(-c2ncn(C)n2)c1OC.CCc1cnc(Cl)cc1Cl.COC(=O)C(=O)Cl.COC(=O)c1nnc(-c2cnc(Cl)cc2Nc2cccc(-c3ncn(C)n3)c2OC)o1.COc1c(N)cccc1-c1ncn(C)n1.COc1c(Nc2cc(Cl)ncc2C(=O)NN)cccc1-c1ncn(C)n1.NC(=O)C1CC1.NN.O.O=C=O. The zero-order valence-corrected chi connectivity index (χ0v) is 74.5. The van der Waals surface area contributed by atoms with Crippen LogP contribution in [-0.2, 0) is 72.8 Å². The molecular formula is C78H85Cl6N27O17. The zero-order valence-electron chi connectivity index (χ0n) is 70.0. The van der Waals surface area contributed by atoms with E-state index in [2.05, 4.69) is 125 Å². The number of carbonyl (C=O) groups is 6. The third-order valence-corrected chi connectivity index (χ3v) is 17.5. The minimum Gasteiger partial charge on any atom is -0.494 e. The maximum absolute atomic E-state index is 12.2. The summed E-state index contributed by atoms with van der Waals surface area (Å²) in [6, 6.07) is 28.3. The second-order valence-electron chi connectivity index (χ2n) is 24.7. The number of benzene rings is 4. The summed E-state index contributed by atoms with van der Waals surface area (Å²) in [5, 5.41) is 35.1. The van der Waals surface area contributed by atoms with Gasteiger partial charge in [-0.3, -0.25) is 50.2 Å². The molecule has 16 N–H and O–H groups in total. The molecule has 0 unspecified atom stereocenters. The maximum atomic E-state index is 12.2. The standard InChI is InChI=1S/C19H16ClN7O4.C18H18ClN5O3.C16H16ClN7O2.C10H12N4O.C7H7Cl2N.C4H7NO.C3H3ClO3.CO2.H4N2.H2O/c1-27-9-22-16(26-27)10-5-4-6-12(15(10)29-2)23-13-7-14(20)21-8-11(13)17-24-25-18(31-17)19(28)30-3;1-4-27-18(25)12-9-20-15(19)8-14(12)22-13-7-5-6-11(16(13)26-3)17-21-10-24(2)23-17;1-24-8-20-15(23-24)9-4-3-5-11(14(9)26-2)21-12-6-13(17)19-7-10(12)16(25)22-18;1-14-6-12-10(13-14)7-4-3-5-8(11)9(7)15-2;1-2-5-4-10-7(9)3-6(5)8;5-4(6)3-1-2-3;1-7-3(6)2(4)5;2-1-3;1-2;/h4-9H,1-3H3,(H,21,23);5-10H,4H2,1-3H3,(H,20,22);3-8H,18H2,1-2H3,(H,19,21)(H,22,25);3-6H,11H2,1-2H3;3-4H,2H2,1H3;3H,1-2H2,(H2,5,6);1H3;;1-2H2;1H2. The van der Waals surface area contributed by atoms with E-state index in [9.17, 15) is 28.8 Å². The van der Waals surface area contributed by atoms with E-state index in [0.717, 1.165) is 37.5 Å². The summed E-state index contributed by atoms with van der Waals surface area (Å²) in [7, 11) is 15.7. The summed E-state index contributed by atoms with van der Waals surface area (Å²) < 4.78 is 47.4. The lowest BCUT2D eigenvalue weighted by Crippen LogP contribution is -2.30. The number of esters is 3. The monoisotopic (exact) mass is 1880 g/mol. The molecule has 9 aromatic heterocycles. The molecule has 0 radical (unpaired) electrons. The molecule has 44 nitrogen and oxygen atoms in total. The molecule has 0 spiro atoms. The molecule has 1 aliphatic rings. The second kappa shape index (κ2) is 52.4. The van der Waals surface area contributed by atoms with E-state index in [0.29, 0.717) is 119 Å². The smallest absolute Gasteiger partial charge is 0.396 e. The number of methoxy groups -OCH3 is 6. The molecule has 0 bridgehead atoms. The first-order valence-corrected chi connectivity index (χ1v) is 38.6. The van der Waals surface area contributed by atoms with Crippen molar-refractivity contribution in [1.82, 2.24) is 94.6 Å². The Morgan fingerprint density at radius 2 is 0.883 bits per heavy atom. The van der Waals surface area contributed by atoms with Crippen LogP contribution in [0.1, 0.15) is 63.7 Å². The molecule has 128 heavy (non-hydrogen) atoms. The summed E-state index contributed by atoms with van der Waals surface area (Å²) in [5.74, 6) is 14.7. The molecule has 0 aliphatic heterocycles. The van der Waals surface area contributed by atoms with Crippen LogP contribution < -0.4 is 69.3 Å². The number of primary amides is 1. The van der Waals surface area contributed by atoms with Crippen LogP contribution in [0.4, 0.5) is 39.8 Å². The van der Waals surface area contributed by atoms with Crippen LogP contribution in [0.5, 0.6) is 23.0 Å². The van der Waals surface area contributed by atoms with Gasteiger partial charge in [-0.25, -0.2) is 60.1 Å². The number of hydrogen-bond donors (Lipinski definition) is 9. The van der Waals surface area contributed by atoms with Gasteiger partial charge in [-0.05, 0) is 116 Å². The number of halogens is 6. The molecule has 2 amide bonds. The number of nitrogens with two attached hydrogens (primary N) is 5. The van der Waals surface area contributed by atoms with Gasteiger partial charge in [-0.2, -0.15) is 30.0 Å². The molecule has 0 saturated heterocycles. The van der Waals surface area contributed by atoms with E-state index < -0.39 is 29.1 Å². The van der Waals surface area contributed by atoms with Gasteiger partial charge in [0.2, 0.25) is 5.91 Å². The van der Waals surface area contributed by atoms with Crippen LogP contribution in [0.2, 0.25) is 25.6 Å². The van der Waals surface area contributed by atoms with Crippen molar-refractivity contribution < 1.29 is 81.4 Å². The normalized spacial score (nSPS) is 10.4. The summed E-state index contributed by atoms with van der Waals surface area (Å²) >= 11 is 34.1. The quantitative estimate of drug-likeness (QED) is 0.00350. The van der Waals surface area contributed by atoms with Crippen LogP contribution in [0.25, 0.3) is 57.0 Å². The number of nitrogen functional groups attached to an aromatic ring is 2. The van der Waals surface area contributed by atoms with E-state index >= 15 is 0 Å². The number of nitrogens with zero attached hydrogens (tertiary/aromatic N) is 18. The number of amides is 2. The highest BCUT2D eigenvalue weighted by molar-refractivity contribution is 6.80. The average molecular weight is 1890 g/mol. The summed E-state index contributed by atoms with van der Waals surface area (Å²) in [5.41, 5.74) is 21.4. The number of rotatable bonds is 22. The van der Waals surface area contributed by atoms with E-state index in [1.807, 2.05) is 74.6 Å². The lowest BCUT2D eigenvalue weighted by Gasteiger charge is -2.16. The lowest BCUT2D eigenvalue weighted by atomic mass is 10.1. The number of hydrazine groups is 2. The van der Waals surface area contributed by atoms with Crippen LogP contribution >= 0.6 is 69.6 Å². The molecule has 676 valence electrons. The van der Waals surface area contributed by atoms with Gasteiger partial charge in [0.15, 0.2) is 46.3 Å². The highest BCUT2D eigenvalue weighted by Gasteiger charge is 2.28. The number of aromatic nitrogens is 18. The Bertz CT molecular complexity index is 5930. The second-order valence-corrected chi connectivity index (χ2v) is 27.0. The molecule has 1 aliphatic carbocycles. The van der Waals surface area contributed by atoms with Crippen molar-refractivity contribution in [3.63, 3.8) is 0 Å². The van der Waals surface area contributed by atoms with Gasteiger partial charge in [0.25, 0.3) is 11.8 Å². The van der Waals surface area contributed by atoms with Crippen molar-refractivity contribution in [3.8, 4) is 80.0 Å². The zero-order chi connectivity index (χ0) is 93.6. The third kappa shape index (κ3) is 30.2. The minimum atomic E-state index is -1.09. The minimum absolute atomic E-state index is 0. The van der Waals surface area contributed by atoms with E-state index in [4.69, 9.17) is 113 Å². The number of carbonyl (C=O) groups excluding carboxylic acids is 8. The van der Waals surface area contributed by atoms with Crippen molar-refractivity contribution in [1.29, 1.82) is 0 Å². The van der Waals surface area contributed by atoms with Gasteiger partial charge in [0.1, 0.15) is 51.5 Å². The first-order chi connectivity index (χ1) is 60.9. The molecular weight excluding hydrogens is 1800 g/mol. The van der Waals surface area contributed by atoms with Gasteiger partial charge >= 0.3 is 35.2 Å². The fraction of sp³-hybridized carbons (Fsp3) is 0.218. The Labute approximate surface area is 759 Å². The van der Waals surface area contributed by atoms with Gasteiger partial charge in [0, 0.05) is 63.9 Å². The van der Waals surface area contributed by atoms with Crippen molar-refractivity contribution in [3.05, 3.63) is 195 Å². The summed E-state index contributed by atoms with van der Waals surface area (Å²) in [6.07, 6.45) is 15.5. The number of pyridine rings is 4. The number of hydrogen-bond acceptors (Lipinski definition) is 37. The first kappa shape index (κ1) is 104. The highest BCUT2D eigenvalue weighted by atomic mass is 35.5. The number of ether oxygens (including phenoxy) is 7. The van der Waals surface area contributed by atoms with Gasteiger partial charge < -0.3 is 70.5 Å². The largest absolute Gasteiger partial charge is 0.494 e. The Morgan fingerprint density at radius 3 is 1.23 bits per heavy atom. The molecule has 1 fully saturated rings. The van der Waals surface area contributed by atoms with Crippen molar-refractivity contribution in [2.45, 2.75) is 33.1 Å². The van der Waals surface area contributed by atoms with Gasteiger partial charge in [-0.1, -0.05) is 89.2 Å². The number of nitrogens with one attached hydrogen (secondary N) is 4. The van der Waals surface area contributed by atoms with Gasteiger partial charge in [-0.15, -0.1) is 10.2 Å². The Morgan fingerprint density at radius 1 is 0.500 bits per heavy atom.